The average molecular weight is 218 g/mol. The molecule has 2 heterocycles. The number of carbonyl (C=O) groups excluding carboxylic acids is 1. The second kappa shape index (κ2) is 4.57. The zero-order valence-corrected chi connectivity index (χ0v) is 8.71. The lowest BCUT2D eigenvalue weighted by Crippen LogP contribution is -2.04. The molecule has 5 nitrogen and oxygen atoms in total. The van der Waals surface area contributed by atoms with Gasteiger partial charge < -0.3 is 9.26 Å². The number of hydrogen-bond donors (Lipinski definition) is 0. The summed E-state index contributed by atoms with van der Waals surface area (Å²) in [6.45, 7) is 2.04. The molecule has 5 heteroatoms. The molecule has 0 fully saturated rings. The van der Waals surface area contributed by atoms with Gasteiger partial charge in [0.2, 0.25) is 0 Å². The Morgan fingerprint density at radius 2 is 2.38 bits per heavy atom. The van der Waals surface area contributed by atoms with E-state index in [1.54, 1.807) is 25.3 Å². The fourth-order valence-electron chi connectivity index (χ4n) is 1.21. The summed E-state index contributed by atoms with van der Waals surface area (Å²) >= 11 is 0. The molecule has 0 saturated heterocycles. The second-order valence-electron chi connectivity index (χ2n) is 3.01. The van der Waals surface area contributed by atoms with E-state index in [1.807, 2.05) is 6.07 Å². The molecule has 0 spiro atoms. The number of ether oxygens (including phenoxy) is 1. The fourth-order valence-corrected chi connectivity index (χ4v) is 1.21. The van der Waals surface area contributed by atoms with E-state index in [0.717, 1.165) is 0 Å². The largest absolute Gasteiger partial charge is 0.461 e. The number of carbonyl (C=O) groups is 1. The molecule has 0 atom stereocenters. The van der Waals surface area contributed by atoms with Crippen molar-refractivity contribution in [3.8, 4) is 11.5 Å². The number of rotatable bonds is 3. The van der Waals surface area contributed by atoms with Crippen LogP contribution in [0.4, 0.5) is 0 Å². The van der Waals surface area contributed by atoms with Crippen LogP contribution in [0.15, 0.2) is 35.0 Å². The Bertz CT molecular complexity index is 479. The van der Waals surface area contributed by atoms with Crippen molar-refractivity contribution in [1.29, 1.82) is 0 Å². The molecular formula is C11H10N2O3. The standard InChI is InChI=1S/C11H10N2O3/c1-2-15-11(14)9-7-10(16-13-9)8-5-3-4-6-12-8/h3-7H,2H2,1H3. The summed E-state index contributed by atoms with van der Waals surface area (Å²) < 4.78 is 9.80. The van der Waals surface area contributed by atoms with Crippen molar-refractivity contribution in [2.24, 2.45) is 0 Å². The van der Waals surface area contributed by atoms with E-state index in [2.05, 4.69) is 10.1 Å². The lowest BCUT2D eigenvalue weighted by molar-refractivity contribution is 0.0514. The zero-order chi connectivity index (χ0) is 11.4. The van der Waals surface area contributed by atoms with Gasteiger partial charge in [-0.3, -0.25) is 4.98 Å². The van der Waals surface area contributed by atoms with E-state index in [1.165, 1.54) is 6.07 Å². The minimum atomic E-state index is -0.492. The third-order valence-corrected chi connectivity index (χ3v) is 1.91. The molecule has 82 valence electrons. The van der Waals surface area contributed by atoms with Gasteiger partial charge in [-0.15, -0.1) is 0 Å². The summed E-state index contributed by atoms with van der Waals surface area (Å²) in [7, 11) is 0. The van der Waals surface area contributed by atoms with Crippen molar-refractivity contribution in [3.05, 3.63) is 36.2 Å². The Kier molecular flexibility index (Phi) is 2.95. The first-order valence-electron chi connectivity index (χ1n) is 4.86. The Morgan fingerprint density at radius 1 is 1.50 bits per heavy atom. The van der Waals surface area contributed by atoms with Crippen molar-refractivity contribution in [2.75, 3.05) is 6.61 Å². The summed E-state index contributed by atoms with van der Waals surface area (Å²) in [5.41, 5.74) is 0.785. The summed E-state index contributed by atoms with van der Waals surface area (Å²) in [6, 6.07) is 6.91. The molecule has 0 unspecified atom stereocenters. The van der Waals surface area contributed by atoms with Gasteiger partial charge in [-0.2, -0.15) is 0 Å². The Balaban J connectivity index is 2.23. The Morgan fingerprint density at radius 3 is 3.06 bits per heavy atom. The van der Waals surface area contributed by atoms with E-state index in [9.17, 15) is 4.79 Å². The smallest absolute Gasteiger partial charge is 0.360 e. The highest BCUT2D eigenvalue weighted by Gasteiger charge is 2.14. The van der Waals surface area contributed by atoms with E-state index in [0.29, 0.717) is 18.1 Å². The number of hydrogen-bond acceptors (Lipinski definition) is 5. The van der Waals surface area contributed by atoms with Gasteiger partial charge in [0.15, 0.2) is 11.5 Å². The molecule has 0 saturated carbocycles. The molecule has 0 bridgehead atoms. The highest BCUT2D eigenvalue weighted by atomic mass is 16.5. The highest BCUT2D eigenvalue weighted by Crippen LogP contribution is 2.17. The minimum absolute atomic E-state index is 0.155. The molecule has 0 radical (unpaired) electrons. The van der Waals surface area contributed by atoms with Crippen LogP contribution in [0.25, 0.3) is 11.5 Å². The normalized spacial score (nSPS) is 10.1. The lowest BCUT2D eigenvalue weighted by Gasteiger charge is -1.94. The summed E-state index contributed by atoms with van der Waals surface area (Å²) in [5.74, 6) is -0.0444. The van der Waals surface area contributed by atoms with Gasteiger partial charge in [0.1, 0.15) is 5.69 Å². The first kappa shape index (κ1) is 10.4. The van der Waals surface area contributed by atoms with Gasteiger partial charge in [-0.1, -0.05) is 11.2 Å². The number of aromatic nitrogens is 2. The topological polar surface area (TPSA) is 65.2 Å². The minimum Gasteiger partial charge on any atom is -0.461 e. The van der Waals surface area contributed by atoms with Gasteiger partial charge in [-0.05, 0) is 19.1 Å². The van der Waals surface area contributed by atoms with Crippen molar-refractivity contribution in [3.63, 3.8) is 0 Å². The van der Waals surface area contributed by atoms with Crippen LogP contribution >= 0.6 is 0 Å². The van der Waals surface area contributed by atoms with Crippen molar-refractivity contribution in [1.82, 2.24) is 10.1 Å². The van der Waals surface area contributed by atoms with Crippen LogP contribution in [0.2, 0.25) is 0 Å². The third kappa shape index (κ3) is 2.08. The molecule has 0 amide bonds. The van der Waals surface area contributed by atoms with Crippen LogP contribution in [0.3, 0.4) is 0 Å². The third-order valence-electron chi connectivity index (χ3n) is 1.91. The van der Waals surface area contributed by atoms with Gasteiger partial charge in [0, 0.05) is 12.3 Å². The van der Waals surface area contributed by atoms with Crippen LogP contribution < -0.4 is 0 Å². The van der Waals surface area contributed by atoms with E-state index in [4.69, 9.17) is 9.26 Å². The quantitative estimate of drug-likeness (QED) is 0.736. The average Bonchev–Trinajstić information content (AvgIpc) is 2.80. The van der Waals surface area contributed by atoms with Crippen molar-refractivity contribution in [2.45, 2.75) is 6.92 Å². The van der Waals surface area contributed by atoms with Gasteiger partial charge in [0.25, 0.3) is 0 Å². The van der Waals surface area contributed by atoms with Gasteiger partial charge in [0.05, 0.1) is 6.61 Å². The first-order chi connectivity index (χ1) is 7.81. The Hall–Kier alpha value is -2.17. The maximum Gasteiger partial charge on any atom is 0.360 e. The number of nitrogens with zero attached hydrogens (tertiary/aromatic N) is 2. The molecule has 0 aromatic carbocycles. The van der Waals surface area contributed by atoms with E-state index >= 15 is 0 Å². The molecule has 0 aliphatic rings. The number of esters is 1. The van der Waals surface area contributed by atoms with E-state index in [-0.39, 0.29) is 5.69 Å². The molecule has 16 heavy (non-hydrogen) atoms. The zero-order valence-electron chi connectivity index (χ0n) is 8.71. The maximum absolute atomic E-state index is 11.3. The van der Waals surface area contributed by atoms with Crippen LogP contribution in [0.5, 0.6) is 0 Å². The monoisotopic (exact) mass is 218 g/mol. The first-order valence-corrected chi connectivity index (χ1v) is 4.86. The predicted molar refractivity (Wildman–Crippen MR) is 55.7 cm³/mol. The molecule has 2 aromatic rings. The van der Waals surface area contributed by atoms with Gasteiger partial charge in [-0.25, -0.2) is 4.79 Å². The van der Waals surface area contributed by atoms with Gasteiger partial charge >= 0.3 is 5.97 Å². The van der Waals surface area contributed by atoms with Crippen molar-refractivity contribution < 1.29 is 14.1 Å². The fraction of sp³-hybridized carbons (Fsp3) is 0.182. The highest BCUT2D eigenvalue weighted by molar-refractivity contribution is 5.88. The van der Waals surface area contributed by atoms with Crippen LogP contribution in [0, 0.1) is 0 Å². The Labute approximate surface area is 92.0 Å². The van der Waals surface area contributed by atoms with Crippen molar-refractivity contribution >= 4 is 5.97 Å². The van der Waals surface area contributed by atoms with E-state index < -0.39 is 5.97 Å². The summed E-state index contributed by atoms with van der Waals surface area (Å²) in [4.78, 5) is 15.4. The molecule has 2 rings (SSSR count). The summed E-state index contributed by atoms with van der Waals surface area (Å²) in [6.07, 6.45) is 1.64. The lowest BCUT2D eigenvalue weighted by atomic mass is 10.2. The number of pyridine rings is 1. The van der Waals surface area contributed by atoms with Crippen LogP contribution in [0.1, 0.15) is 17.4 Å². The molecule has 2 aromatic heterocycles. The summed E-state index contributed by atoms with van der Waals surface area (Å²) in [5, 5.41) is 3.62. The van der Waals surface area contributed by atoms with Crippen LogP contribution in [-0.2, 0) is 4.74 Å². The molecular weight excluding hydrogens is 208 g/mol. The predicted octanol–water partition coefficient (Wildman–Crippen LogP) is 1.91. The maximum atomic E-state index is 11.3. The SMILES string of the molecule is CCOC(=O)c1cc(-c2ccccn2)on1. The molecule has 0 aliphatic heterocycles. The van der Waals surface area contributed by atoms with Crippen LogP contribution in [-0.4, -0.2) is 22.7 Å². The molecule has 0 aliphatic carbocycles. The second-order valence-corrected chi connectivity index (χ2v) is 3.01. The molecule has 0 N–H and O–H groups in total.